The maximum Gasteiger partial charge on any atom is 0.416 e. The molecular weight excluding hydrogens is 475 g/mol. The van der Waals surface area contributed by atoms with E-state index >= 15 is 0 Å². The van der Waals surface area contributed by atoms with Crippen molar-refractivity contribution in [2.75, 3.05) is 0 Å². The molecule has 0 heterocycles. The Labute approximate surface area is 214 Å². The molecule has 4 rings (SSSR count). The Balaban J connectivity index is 1.75. The maximum absolute atomic E-state index is 13.0. The summed E-state index contributed by atoms with van der Waals surface area (Å²) < 4.78 is 39.1. The quantitative estimate of drug-likeness (QED) is 0.251. The number of alkyl halides is 3. The van der Waals surface area contributed by atoms with Gasteiger partial charge in [-0.3, -0.25) is 9.69 Å². The average molecular weight is 504 g/mol. The fourth-order valence-electron chi connectivity index (χ4n) is 4.60. The van der Waals surface area contributed by atoms with Gasteiger partial charge in [0, 0.05) is 18.6 Å². The summed E-state index contributed by atoms with van der Waals surface area (Å²) >= 11 is 0. The van der Waals surface area contributed by atoms with Crippen LogP contribution in [0.2, 0.25) is 0 Å². The Morgan fingerprint density at radius 1 is 0.784 bits per heavy atom. The number of carboxylic acid groups (broad SMARTS) is 1. The van der Waals surface area contributed by atoms with Crippen molar-refractivity contribution in [3.05, 3.63) is 131 Å². The summed E-state index contributed by atoms with van der Waals surface area (Å²) in [4.78, 5) is 14.2. The Hall–Kier alpha value is -3.90. The molecule has 2 atom stereocenters. The van der Waals surface area contributed by atoms with Crippen LogP contribution in [0, 0.1) is 0 Å². The molecule has 0 radical (unpaired) electrons. The Bertz CT molecular complexity index is 1310. The van der Waals surface area contributed by atoms with Gasteiger partial charge in [0.05, 0.1) is 12.0 Å². The third kappa shape index (κ3) is 6.66. The summed E-state index contributed by atoms with van der Waals surface area (Å²) in [6.07, 6.45) is -4.53. The third-order valence-electron chi connectivity index (χ3n) is 6.57. The van der Waals surface area contributed by atoms with E-state index in [2.05, 4.69) is 11.8 Å². The molecule has 0 saturated heterocycles. The van der Waals surface area contributed by atoms with E-state index in [1.54, 1.807) is 0 Å². The fraction of sp³-hybridized carbons (Fsp3) is 0.194. The smallest absolute Gasteiger partial charge is 0.416 e. The Morgan fingerprint density at radius 2 is 1.38 bits per heavy atom. The van der Waals surface area contributed by atoms with E-state index in [4.69, 9.17) is 0 Å². The number of aliphatic carboxylic acids is 1. The largest absolute Gasteiger partial charge is 0.481 e. The van der Waals surface area contributed by atoms with Gasteiger partial charge in [-0.15, -0.1) is 0 Å². The first kappa shape index (κ1) is 26.2. The zero-order chi connectivity index (χ0) is 26.4. The van der Waals surface area contributed by atoms with E-state index in [0.29, 0.717) is 12.1 Å². The fourth-order valence-corrected chi connectivity index (χ4v) is 4.60. The molecule has 0 fully saturated rings. The lowest BCUT2D eigenvalue weighted by Crippen LogP contribution is -2.32. The van der Waals surface area contributed by atoms with Crippen LogP contribution in [0.1, 0.15) is 47.7 Å². The van der Waals surface area contributed by atoms with Gasteiger partial charge in [0.2, 0.25) is 0 Å². The van der Waals surface area contributed by atoms with Crippen molar-refractivity contribution >= 4 is 5.97 Å². The van der Waals surface area contributed by atoms with Gasteiger partial charge in [0.1, 0.15) is 0 Å². The SMILES string of the molecule is C[C@H](c1ccccc1)N(Cc1ccccc1)C(CC(=O)O)c1cccc(-c2ccc(C(F)(F)F)cc2)c1. The van der Waals surface area contributed by atoms with Crippen molar-refractivity contribution in [3.63, 3.8) is 0 Å². The van der Waals surface area contributed by atoms with Gasteiger partial charge in [0.15, 0.2) is 0 Å². The van der Waals surface area contributed by atoms with Crippen LogP contribution in [-0.2, 0) is 17.5 Å². The van der Waals surface area contributed by atoms with E-state index in [0.717, 1.165) is 34.4 Å². The van der Waals surface area contributed by atoms with Crippen LogP contribution < -0.4 is 0 Å². The molecule has 0 saturated carbocycles. The monoisotopic (exact) mass is 503 g/mol. The first-order chi connectivity index (χ1) is 17.7. The minimum absolute atomic E-state index is 0.0968. The maximum atomic E-state index is 13.0. The number of carboxylic acids is 1. The van der Waals surface area contributed by atoms with Gasteiger partial charge in [-0.05, 0) is 52.9 Å². The molecular formula is C31H28F3NO2. The lowest BCUT2D eigenvalue weighted by molar-refractivity contribution is -0.139. The van der Waals surface area contributed by atoms with Crippen molar-refractivity contribution in [1.82, 2.24) is 4.90 Å². The normalized spacial score (nSPS) is 13.3. The second-order valence-corrected chi connectivity index (χ2v) is 9.06. The average Bonchev–Trinajstić information content (AvgIpc) is 2.91. The zero-order valence-electron chi connectivity index (χ0n) is 20.4. The van der Waals surface area contributed by atoms with Gasteiger partial charge in [-0.1, -0.05) is 91.0 Å². The topological polar surface area (TPSA) is 40.5 Å². The molecule has 1 unspecified atom stereocenters. The van der Waals surface area contributed by atoms with Crippen LogP contribution in [0.25, 0.3) is 11.1 Å². The number of hydrogen-bond acceptors (Lipinski definition) is 2. The van der Waals surface area contributed by atoms with Gasteiger partial charge >= 0.3 is 12.1 Å². The van der Waals surface area contributed by atoms with Crippen molar-refractivity contribution < 1.29 is 23.1 Å². The summed E-state index contributed by atoms with van der Waals surface area (Å²) in [5.74, 6) is -0.928. The summed E-state index contributed by atoms with van der Waals surface area (Å²) in [7, 11) is 0. The van der Waals surface area contributed by atoms with Gasteiger partial charge in [0.25, 0.3) is 0 Å². The summed E-state index contributed by atoms with van der Waals surface area (Å²) in [5.41, 5.74) is 3.57. The molecule has 190 valence electrons. The highest BCUT2D eigenvalue weighted by atomic mass is 19.4. The highest BCUT2D eigenvalue weighted by Crippen LogP contribution is 2.37. The number of hydrogen-bond donors (Lipinski definition) is 1. The highest BCUT2D eigenvalue weighted by Gasteiger charge is 2.31. The molecule has 0 bridgehead atoms. The molecule has 0 aliphatic rings. The van der Waals surface area contributed by atoms with E-state index in [9.17, 15) is 23.1 Å². The number of nitrogens with zero attached hydrogens (tertiary/aromatic N) is 1. The van der Waals surface area contributed by atoms with Gasteiger partial charge in [-0.25, -0.2) is 0 Å². The van der Waals surface area contributed by atoms with E-state index in [-0.39, 0.29) is 12.5 Å². The number of rotatable bonds is 9. The lowest BCUT2D eigenvalue weighted by atomic mass is 9.94. The molecule has 4 aromatic carbocycles. The highest BCUT2D eigenvalue weighted by molar-refractivity contribution is 5.69. The molecule has 6 heteroatoms. The Kier molecular flexibility index (Phi) is 8.09. The second-order valence-electron chi connectivity index (χ2n) is 9.06. The minimum atomic E-state index is -4.40. The first-order valence-corrected chi connectivity index (χ1v) is 12.1. The van der Waals surface area contributed by atoms with Crippen LogP contribution in [0.4, 0.5) is 13.2 Å². The Morgan fingerprint density at radius 3 is 1.97 bits per heavy atom. The molecule has 1 N–H and O–H groups in total. The molecule has 0 aliphatic heterocycles. The first-order valence-electron chi connectivity index (χ1n) is 12.1. The number of benzene rings is 4. The number of halogens is 3. The number of carbonyl (C=O) groups is 1. The predicted molar refractivity (Wildman–Crippen MR) is 139 cm³/mol. The van der Waals surface area contributed by atoms with Crippen LogP contribution in [0.5, 0.6) is 0 Å². The summed E-state index contributed by atoms with van der Waals surface area (Å²) in [6.45, 7) is 2.59. The summed E-state index contributed by atoms with van der Waals surface area (Å²) in [5, 5.41) is 9.87. The van der Waals surface area contributed by atoms with Gasteiger partial charge in [-0.2, -0.15) is 13.2 Å². The summed E-state index contributed by atoms with van der Waals surface area (Å²) in [6, 6.07) is 31.7. The van der Waals surface area contributed by atoms with E-state index in [1.807, 2.05) is 84.9 Å². The van der Waals surface area contributed by atoms with Crippen LogP contribution in [-0.4, -0.2) is 16.0 Å². The van der Waals surface area contributed by atoms with Crippen LogP contribution in [0.3, 0.4) is 0 Å². The second kappa shape index (κ2) is 11.4. The van der Waals surface area contributed by atoms with E-state index in [1.165, 1.54) is 12.1 Å². The van der Waals surface area contributed by atoms with E-state index < -0.39 is 23.8 Å². The van der Waals surface area contributed by atoms with Crippen molar-refractivity contribution in [3.8, 4) is 11.1 Å². The standard InChI is InChI=1S/C31H28F3NO2/c1-22(24-11-6-3-7-12-24)35(21-23-9-4-2-5-10-23)29(20-30(36)37)27-14-8-13-26(19-27)25-15-17-28(18-16-25)31(32,33)34/h2-19,22,29H,20-21H2,1H3,(H,36,37)/t22-,29?/m1/s1. The molecule has 37 heavy (non-hydrogen) atoms. The minimum Gasteiger partial charge on any atom is -0.481 e. The predicted octanol–water partition coefficient (Wildman–Crippen LogP) is 8.15. The molecule has 0 amide bonds. The molecule has 0 aliphatic carbocycles. The molecule has 0 aromatic heterocycles. The van der Waals surface area contributed by atoms with Crippen LogP contribution >= 0.6 is 0 Å². The third-order valence-corrected chi connectivity index (χ3v) is 6.57. The van der Waals surface area contributed by atoms with Crippen molar-refractivity contribution in [2.24, 2.45) is 0 Å². The van der Waals surface area contributed by atoms with Gasteiger partial charge < -0.3 is 5.11 Å². The lowest BCUT2D eigenvalue weighted by Gasteiger charge is -2.37. The zero-order valence-corrected chi connectivity index (χ0v) is 20.4. The molecule has 3 nitrogen and oxygen atoms in total. The van der Waals surface area contributed by atoms with Crippen molar-refractivity contribution in [1.29, 1.82) is 0 Å². The molecule has 4 aromatic rings. The molecule has 0 spiro atoms. The van der Waals surface area contributed by atoms with Crippen LogP contribution in [0.15, 0.2) is 109 Å². The van der Waals surface area contributed by atoms with Crippen molar-refractivity contribution in [2.45, 2.75) is 38.1 Å².